The van der Waals surface area contributed by atoms with Crippen LogP contribution in [-0.2, 0) is 16.1 Å². The third-order valence-electron chi connectivity index (χ3n) is 4.67. The standard InChI is InChI=1S/C22H23F2N3O4/c23-15-7-5-14(6-8-15)12-25-21(29)11-16-9-10-19(20(13-28)31-16)27-22(30)26-18-4-2-1-3-17(18)24/h1-10,16,19-20,28H,11-13H2,(H,25,29)(H2,26,27,30)/t16-,19-,20-/m0/s1. The number of halogens is 2. The van der Waals surface area contributed by atoms with Crippen LogP contribution in [0.1, 0.15) is 12.0 Å². The van der Waals surface area contributed by atoms with E-state index in [0.717, 1.165) is 5.56 Å². The van der Waals surface area contributed by atoms with Gasteiger partial charge in [-0.1, -0.05) is 36.4 Å². The van der Waals surface area contributed by atoms with Gasteiger partial charge in [-0.15, -0.1) is 0 Å². The number of ether oxygens (including phenoxy) is 1. The summed E-state index contributed by atoms with van der Waals surface area (Å²) in [5, 5.41) is 17.3. The first-order valence-electron chi connectivity index (χ1n) is 9.72. The Morgan fingerprint density at radius 3 is 2.48 bits per heavy atom. The number of para-hydroxylation sites is 1. The molecule has 164 valence electrons. The van der Waals surface area contributed by atoms with Crippen molar-refractivity contribution in [2.75, 3.05) is 11.9 Å². The third kappa shape index (κ3) is 6.59. The molecule has 31 heavy (non-hydrogen) atoms. The summed E-state index contributed by atoms with van der Waals surface area (Å²) in [7, 11) is 0. The molecule has 3 amide bonds. The minimum atomic E-state index is -0.772. The lowest BCUT2D eigenvalue weighted by molar-refractivity contribution is -0.125. The van der Waals surface area contributed by atoms with Crippen molar-refractivity contribution in [1.82, 2.24) is 10.6 Å². The van der Waals surface area contributed by atoms with Crippen LogP contribution >= 0.6 is 0 Å². The maximum atomic E-state index is 13.7. The number of carbonyl (C=O) groups excluding carboxylic acids is 2. The summed E-state index contributed by atoms with van der Waals surface area (Å²) in [6, 6.07) is 10.2. The van der Waals surface area contributed by atoms with Crippen molar-refractivity contribution >= 4 is 17.6 Å². The Balaban J connectivity index is 1.49. The van der Waals surface area contributed by atoms with E-state index in [-0.39, 0.29) is 37.0 Å². The fourth-order valence-electron chi connectivity index (χ4n) is 3.07. The monoisotopic (exact) mass is 431 g/mol. The molecule has 0 unspecified atom stereocenters. The van der Waals surface area contributed by atoms with Crippen molar-refractivity contribution < 1.29 is 28.2 Å². The molecule has 0 aliphatic carbocycles. The van der Waals surface area contributed by atoms with Crippen LogP contribution < -0.4 is 16.0 Å². The highest BCUT2D eigenvalue weighted by Crippen LogP contribution is 2.17. The molecule has 2 aromatic carbocycles. The zero-order valence-electron chi connectivity index (χ0n) is 16.6. The first-order valence-corrected chi connectivity index (χ1v) is 9.72. The van der Waals surface area contributed by atoms with Gasteiger partial charge in [-0.25, -0.2) is 13.6 Å². The zero-order chi connectivity index (χ0) is 22.2. The summed E-state index contributed by atoms with van der Waals surface area (Å²) in [5.74, 6) is -1.20. The van der Waals surface area contributed by atoms with E-state index in [0.29, 0.717) is 0 Å². The first-order chi connectivity index (χ1) is 14.9. The van der Waals surface area contributed by atoms with E-state index in [1.165, 1.54) is 30.3 Å². The molecule has 7 nitrogen and oxygen atoms in total. The van der Waals surface area contributed by atoms with Crippen molar-refractivity contribution in [3.63, 3.8) is 0 Å². The summed E-state index contributed by atoms with van der Waals surface area (Å²) in [5.41, 5.74) is 0.783. The van der Waals surface area contributed by atoms with E-state index in [1.807, 2.05) is 0 Å². The average Bonchev–Trinajstić information content (AvgIpc) is 2.76. The van der Waals surface area contributed by atoms with Gasteiger partial charge in [0.25, 0.3) is 0 Å². The van der Waals surface area contributed by atoms with Gasteiger partial charge < -0.3 is 25.8 Å². The molecule has 0 fully saturated rings. The van der Waals surface area contributed by atoms with Crippen LogP contribution in [0.3, 0.4) is 0 Å². The Labute approximate surface area is 178 Å². The SMILES string of the molecule is O=C(C[C@@H]1C=C[C@H](NC(=O)Nc2ccccc2F)[C@H](CO)O1)NCc1ccc(F)cc1. The van der Waals surface area contributed by atoms with E-state index in [4.69, 9.17) is 4.74 Å². The lowest BCUT2D eigenvalue weighted by Gasteiger charge is -2.31. The van der Waals surface area contributed by atoms with Gasteiger partial charge in [0.1, 0.15) is 17.7 Å². The number of benzene rings is 2. The molecular weight excluding hydrogens is 408 g/mol. The van der Waals surface area contributed by atoms with E-state index >= 15 is 0 Å². The quantitative estimate of drug-likeness (QED) is 0.506. The average molecular weight is 431 g/mol. The number of nitrogens with one attached hydrogen (secondary N) is 3. The number of anilines is 1. The smallest absolute Gasteiger partial charge is 0.319 e. The minimum Gasteiger partial charge on any atom is -0.394 e. The summed E-state index contributed by atoms with van der Waals surface area (Å²) in [4.78, 5) is 24.3. The van der Waals surface area contributed by atoms with Crippen LogP contribution in [0.5, 0.6) is 0 Å². The predicted octanol–water partition coefficient (Wildman–Crippen LogP) is 2.48. The molecule has 0 saturated heterocycles. The van der Waals surface area contributed by atoms with Crippen LogP contribution in [0.25, 0.3) is 0 Å². The normalized spacial score (nSPS) is 20.2. The number of amides is 3. The molecule has 1 heterocycles. The molecule has 3 rings (SSSR count). The molecule has 2 aromatic rings. The number of hydrogen-bond acceptors (Lipinski definition) is 4. The van der Waals surface area contributed by atoms with Gasteiger partial charge in [0.15, 0.2) is 0 Å². The third-order valence-corrected chi connectivity index (χ3v) is 4.67. The van der Waals surface area contributed by atoms with Crippen molar-refractivity contribution in [2.24, 2.45) is 0 Å². The first kappa shape index (κ1) is 22.4. The molecule has 0 bridgehead atoms. The highest BCUT2D eigenvalue weighted by atomic mass is 19.1. The van der Waals surface area contributed by atoms with E-state index in [9.17, 15) is 23.5 Å². The molecule has 1 aliphatic rings. The number of carbonyl (C=O) groups is 2. The van der Waals surface area contributed by atoms with E-state index < -0.39 is 30.1 Å². The molecular formula is C22H23F2N3O4. The van der Waals surface area contributed by atoms with Crippen LogP contribution in [-0.4, -0.2) is 41.9 Å². The van der Waals surface area contributed by atoms with Crippen LogP contribution in [0.15, 0.2) is 60.7 Å². The van der Waals surface area contributed by atoms with Gasteiger partial charge >= 0.3 is 6.03 Å². The van der Waals surface area contributed by atoms with Crippen molar-refractivity contribution in [1.29, 1.82) is 0 Å². The molecule has 0 radical (unpaired) electrons. The van der Waals surface area contributed by atoms with Gasteiger partial charge in [0.2, 0.25) is 5.91 Å². The van der Waals surface area contributed by atoms with E-state index in [2.05, 4.69) is 16.0 Å². The van der Waals surface area contributed by atoms with Gasteiger partial charge in [-0.05, 0) is 29.8 Å². The summed E-state index contributed by atoms with van der Waals surface area (Å²) in [6.07, 6.45) is 1.91. The molecule has 0 spiro atoms. The van der Waals surface area contributed by atoms with Crippen molar-refractivity contribution in [3.05, 3.63) is 77.9 Å². The molecule has 4 N–H and O–H groups in total. The maximum absolute atomic E-state index is 13.7. The Kier molecular flexibility index (Phi) is 7.69. The second-order valence-corrected chi connectivity index (χ2v) is 6.99. The lowest BCUT2D eigenvalue weighted by Crippen LogP contribution is -2.50. The molecule has 9 heteroatoms. The zero-order valence-corrected chi connectivity index (χ0v) is 16.6. The number of aliphatic hydroxyl groups is 1. The van der Waals surface area contributed by atoms with Crippen LogP contribution in [0.4, 0.5) is 19.3 Å². The molecule has 1 aliphatic heterocycles. The number of urea groups is 1. The largest absolute Gasteiger partial charge is 0.394 e. The van der Waals surface area contributed by atoms with Gasteiger partial charge in [0, 0.05) is 6.54 Å². The highest BCUT2D eigenvalue weighted by molar-refractivity contribution is 5.89. The highest BCUT2D eigenvalue weighted by Gasteiger charge is 2.29. The Morgan fingerprint density at radius 1 is 1.03 bits per heavy atom. The molecule has 3 atom stereocenters. The van der Waals surface area contributed by atoms with Crippen molar-refractivity contribution in [3.8, 4) is 0 Å². The second kappa shape index (κ2) is 10.6. The van der Waals surface area contributed by atoms with Gasteiger partial charge in [-0.3, -0.25) is 4.79 Å². The van der Waals surface area contributed by atoms with Gasteiger partial charge in [-0.2, -0.15) is 0 Å². The van der Waals surface area contributed by atoms with Crippen molar-refractivity contribution in [2.45, 2.75) is 31.2 Å². The van der Waals surface area contributed by atoms with Gasteiger partial charge in [0.05, 0.1) is 30.9 Å². The topological polar surface area (TPSA) is 99.7 Å². The lowest BCUT2D eigenvalue weighted by atomic mass is 10.0. The number of aliphatic hydroxyl groups excluding tert-OH is 1. The minimum absolute atomic E-state index is 0.0162. The Bertz CT molecular complexity index is 937. The summed E-state index contributed by atoms with van der Waals surface area (Å²) >= 11 is 0. The predicted molar refractivity (Wildman–Crippen MR) is 110 cm³/mol. The molecule has 0 aromatic heterocycles. The number of hydrogen-bond donors (Lipinski definition) is 4. The summed E-state index contributed by atoms with van der Waals surface area (Å²) < 4.78 is 32.3. The number of rotatable bonds is 7. The Hall–Kier alpha value is -3.30. The molecule has 0 saturated carbocycles. The maximum Gasteiger partial charge on any atom is 0.319 e. The van der Waals surface area contributed by atoms with Crippen LogP contribution in [0.2, 0.25) is 0 Å². The fraction of sp³-hybridized carbons (Fsp3) is 0.273. The second-order valence-electron chi connectivity index (χ2n) is 6.99. The summed E-state index contributed by atoms with van der Waals surface area (Å²) in [6.45, 7) is -0.137. The Morgan fingerprint density at radius 2 is 1.77 bits per heavy atom. The fourth-order valence-corrected chi connectivity index (χ4v) is 3.07. The van der Waals surface area contributed by atoms with Crippen LogP contribution in [0, 0.1) is 11.6 Å². The van der Waals surface area contributed by atoms with E-state index in [1.54, 1.807) is 30.4 Å².